The number of halogens is 1. The van der Waals surface area contributed by atoms with Crippen LogP contribution in [0.25, 0.3) is 22.2 Å². The number of sulfone groups is 1. The second-order valence-electron chi connectivity index (χ2n) is 9.07. The Balaban J connectivity index is 1.52. The van der Waals surface area contributed by atoms with Crippen LogP contribution in [0, 0.1) is 0 Å². The minimum Gasteiger partial charge on any atom is -0.455 e. The van der Waals surface area contributed by atoms with E-state index in [-0.39, 0.29) is 11.5 Å². The Morgan fingerprint density at radius 2 is 1.95 bits per heavy atom. The molecule has 0 aliphatic carbocycles. The maximum atomic E-state index is 11.8. The summed E-state index contributed by atoms with van der Waals surface area (Å²) in [6.45, 7) is 0.537. The average Bonchev–Trinajstić information content (AvgIpc) is 3.51. The lowest BCUT2D eigenvalue weighted by Crippen LogP contribution is -2.21. The van der Waals surface area contributed by atoms with E-state index in [9.17, 15) is 13.5 Å². The molecule has 3 heterocycles. The van der Waals surface area contributed by atoms with E-state index in [1.807, 2.05) is 12.1 Å². The van der Waals surface area contributed by atoms with Crippen molar-refractivity contribution in [3.05, 3.63) is 83.4 Å². The molecule has 10 nitrogen and oxygen atoms in total. The second-order valence-corrected chi connectivity index (χ2v) is 11.5. The Kier molecular flexibility index (Phi) is 7.67. The van der Waals surface area contributed by atoms with Crippen molar-refractivity contribution in [2.75, 3.05) is 20.0 Å². The normalized spacial score (nSPS) is 12.6. The summed E-state index contributed by atoms with van der Waals surface area (Å²) in [5, 5.41) is 23.5. The minimum atomic E-state index is -3.33. The molecule has 1 unspecified atom stereocenters. The Morgan fingerprint density at radius 1 is 1.15 bits per heavy atom. The molecule has 0 saturated heterocycles. The van der Waals surface area contributed by atoms with Gasteiger partial charge in [-0.25, -0.2) is 8.42 Å². The number of H-pyrrole nitrogens is 1. The molecule has 0 aliphatic heterocycles. The number of aliphatic hydroxyl groups excluding tert-OH is 1. The molecule has 5 aromatic rings. The van der Waals surface area contributed by atoms with Crippen molar-refractivity contribution in [2.24, 2.45) is 0 Å². The van der Waals surface area contributed by atoms with Gasteiger partial charge < -0.3 is 14.6 Å². The molecule has 0 saturated carbocycles. The van der Waals surface area contributed by atoms with Crippen LogP contribution in [0.5, 0.6) is 11.5 Å². The fourth-order valence-corrected chi connectivity index (χ4v) is 5.07. The van der Waals surface area contributed by atoms with Crippen LogP contribution in [0.2, 0.25) is 5.02 Å². The monoisotopic (exact) mass is 567 g/mol. The molecule has 2 N–H and O–H groups in total. The maximum Gasteiger partial charge on any atom is 0.175 e. The van der Waals surface area contributed by atoms with Crippen molar-refractivity contribution >= 4 is 32.3 Å². The highest BCUT2D eigenvalue weighted by Crippen LogP contribution is 2.37. The number of nitrogens with zero attached hydrogens (tertiary/aromatic N) is 4. The largest absolute Gasteiger partial charge is 0.455 e. The third kappa shape index (κ3) is 6.12. The minimum absolute atomic E-state index is 0.199. The summed E-state index contributed by atoms with van der Waals surface area (Å²) < 4.78 is 36.5. The number of aliphatic hydroxyl groups is 1. The Morgan fingerprint density at radius 3 is 2.67 bits per heavy atom. The molecule has 0 bridgehead atoms. The van der Waals surface area contributed by atoms with E-state index in [4.69, 9.17) is 21.1 Å². The van der Waals surface area contributed by atoms with Gasteiger partial charge >= 0.3 is 0 Å². The van der Waals surface area contributed by atoms with Gasteiger partial charge in [0.05, 0.1) is 40.6 Å². The molecule has 3 aromatic heterocycles. The molecule has 39 heavy (non-hydrogen) atoms. The first-order valence-corrected chi connectivity index (χ1v) is 14.3. The second kappa shape index (κ2) is 11.1. The first kappa shape index (κ1) is 26.8. The molecular formula is C27H26ClN5O5S. The Bertz CT molecular complexity index is 1720. The molecule has 12 heteroatoms. The number of methoxy groups -OCH3 is 1. The van der Waals surface area contributed by atoms with Crippen LogP contribution in [0.4, 0.5) is 0 Å². The summed E-state index contributed by atoms with van der Waals surface area (Å²) in [6.07, 6.45) is 4.42. The van der Waals surface area contributed by atoms with Crippen LogP contribution in [0.1, 0.15) is 11.4 Å². The number of aromatic amines is 1. The lowest BCUT2D eigenvalue weighted by molar-refractivity contribution is 0.0513. The quantitative estimate of drug-likeness (QED) is 0.256. The first-order valence-electron chi connectivity index (χ1n) is 12.0. The van der Waals surface area contributed by atoms with E-state index in [2.05, 4.69) is 20.3 Å². The molecule has 0 amide bonds. The van der Waals surface area contributed by atoms with Crippen LogP contribution in [-0.2, 0) is 27.5 Å². The SMILES string of the molecule is COCC(O)Cn1ccc(Cc2[nH]nc3c(Oc4ccc(S(C)(=O)=O)cc4)cc(-c4ncccc4Cl)cc23)n1. The van der Waals surface area contributed by atoms with Crippen molar-refractivity contribution in [1.29, 1.82) is 0 Å². The number of ether oxygens (including phenoxy) is 2. The van der Waals surface area contributed by atoms with E-state index in [0.717, 1.165) is 28.6 Å². The fraction of sp³-hybridized carbons (Fsp3) is 0.222. The number of benzene rings is 2. The fourth-order valence-electron chi connectivity index (χ4n) is 4.21. The van der Waals surface area contributed by atoms with Gasteiger partial charge in [0.1, 0.15) is 11.3 Å². The summed E-state index contributed by atoms with van der Waals surface area (Å²) in [4.78, 5) is 4.65. The molecule has 202 valence electrons. The predicted molar refractivity (Wildman–Crippen MR) is 147 cm³/mol. The molecular weight excluding hydrogens is 542 g/mol. The van der Waals surface area contributed by atoms with Crippen LogP contribution in [-0.4, -0.2) is 64.6 Å². The zero-order chi connectivity index (χ0) is 27.6. The van der Waals surface area contributed by atoms with Crippen LogP contribution in [0.15, 0.2) is 71.9 Å². The third-order valence-electron chi connectivity index (χ3n) is 6.02. The van der Waals surface area contributed by atoms with Crippen molar-refractivity contribution in [1.82, 2.24) is 25.0 Å². The van der Waals surface area contributed by atoms with Gasteiger partial charge in [0, 0.05) is 48.8 Å². The van der Waals surface area contributed by atoms with Gasteiger partial charge in [-0.05, 0) is 54.6 Å². The van der Waals surface area contributed by atoms with Crippen LogP contribution < -0.4 is 4.74 Å². The van der Waals surface area contributed by atoms with Gasteiger partial charge in [0.2, 0.25) is 0 Å². The highest BCUT2D eigenvalue weighted by molar-refractivity contribution is 7.90. The summed E-state index contributed by atoms with van der Waals surface area (Å²) in [5.74, 6) is 0.901. The number of aromatic nitrogens is 5. The molecule has 0 aliphatic rings. The van der Waals surface area contributed by atoms with Crippen LogP contribution in [0.3, 0.4) is 0 Å². The van der Waals surface area contributed by atoms with Gasteiger partial charge in [-0.1, -0.05) is 11.6 Å². The zero-order valence-electron chi connectivity index (χ0n) is 21.2. The van der Waals surface area contributed by atoms with Gasteiger partial charge in [0.15, 0.2) is 15.6 Å². The van der Waals surface area contributed by atoms with Crippen molar-refractivity contribution in [2.45, 2.75) is 24.0 Å². The lowest BCUT2D eigenvalue weighted by Gasteiger charge is -2.11. The van der Waals surface area contributed by atoms with E-state index in [1.165, 1.54) is 19.2 Å². The van der Waals surface area contributed by atoms with Crippen molar-refractivity contribution < 1.29 is 23.0 Å². The third-order valence-corrected chi connectivity index (χ3v) is 7.46. The van der Waals surface area contributed by atoms with Crippen molar-refractivity contribution in [3.63, 3.8) is 0 Å². The predicted octanol–water partition coefficient (Wildman–Crippen LogP) is 4.27. The van der Waals surface area contributed by atoms with E-state index in [0.29, 0.717) is 40.7 Å². The highest BCUT2D eigenvalue weighted by atomic mass is 35.5. The average molecular weight is 568 g/mol. The summed E-state index contributed by atoms with van der Waals surface area (Å²) in [6, 6.07) is 15.3. The van der Waals surface area contributed by atoms with Gasteiger partial charge in [-0.2, -0.15) is 10.2 Å². The van der Waals surface area contributed by atoms with Crippen LogP contribution >= 0.6 is 11.6 Å². The molecule has 5 rings (SSSR count). The molecule has 2 aromatic carbocycles. The standard InChI is InChI=1S/C27H26ClN5O5S/c1-37-16-19(34)15-33-11-9-18(32-33)14-24-22-12-17(26-23(28)4-3-10-29-26)13-25(27(22)31-30-24)38-20-5-7-21(8-6-20)39(2,35)36/h3-13,19,34H,14-16H2,1-2H3,(H,30,31). The number of hydrogen-bond donors (Lipinski definition) is 2. The molecule has 0 spiro atoms. The van der Waals surface area contributed by atoms with E-state index in [1.54, 1.807) is 47.4 Å². The summed E-state index contributed by atoms with van der Waals surface area (Å²) in [7, 11) is -1.79. The molecule has 1 atom stereocenters. The topological polar surface area (TPSA) is 132 Å². The molecule has 0 fully saturated rings. The number of rotatable bonds is 10. The van der Waals surface area contributed by atoms with Gasteiger partial charge in [0.25, 0.3) is 0 Å². The summed E-state index contributed by atoms with van der Waals surface area (Å²) in [5.41, 5.74) is 3.49. The number of hydrogen-bond acceptors (Lipinski definition) is 8. The summed E-state index contributed by atoms with van der Waals surface area (Å²) >= 11 is 6.47. The molecule has 0 radical (unpaired) electrons. The van der Waals surface area contributed by atoms with Gasteiger partial charge in [-0.15, -0.1) is 0 Å². The Hall–Kier alpha value is -3.77. The Labute approximate surface area is 230 Å². The smallest absolute Gasteiger partial charge is 0.175 e. The first-order chi connectivity index (χ1) is 18.7. The van der Waals surface area contributed by atoms with Crippen molar-refractivity contribution in [3.8, 4) is 22.8 Å². The number of pyridine rings is 1. The number of fused-ring (bicyclic) bond motifs is 1. The van der Waals surface area contributed by atoms with E-state index >= 15 is 0 Å². The highest BCUT2D eigenvalue weighted by Gasteiger charge is 2.18. The van der Waals surface area contributed by atoms with Gasteiger partial charge in [-0.3, -0.25) is 14.8 Å². The lowest BCUT2D eigenvalue weighted by atomic mass is 10.0. The van der Waals surface area contributed by atoms with E-state index < -0.39 is 15.9 Å². The maximum absolute atomic E-state index is 11.8. The number of nitrogens with one attached hydrogen (secondary N) is 1. The zero-order valence-corrected chi connectivity index (χ0v) is 22.8.